The van der Waals surface area contributed by atoms with Gasteiger partial charge in [0.1, 0.15) is 13.2 Å². The van der Waals surface area contributed by atoms with Gasteiger partial charge in [-0.3, -0.25) is 4.79 Å². The van der Waals surface area contributed by atoms with Crippen molar-refractivity contribution in [1.29, 1.82) is 0 Å². The molecule has 0 aliphatic carbocycles. The highest BCUT2D eigenvalue weighted by Gasteiger charge is 2.17. The van der Waals surface area contributed by atoms with Crippen LogP contribution in [0.1, 0.15) is 21.5 Å². The van der Waals surface area contributed by atoms with E-state index in [0.717, 1.165) is 17.4 Å². The van der Waals surface area contributed by atoms with Crippen molar-refractivity contribution in [2.45, 2.75) is 13.2 Å². The highest BCUT2D eigenvalue weighted by Crippen LogP contribution is 2.40. The van der Waals surface area contributed by atoms with Gasteiger partial charge in [-0.25, -0.2) is 0 Å². The molecule has 26 heavy (non-hydrogen) atoms. The van der Waals surface area contributed by atoms with E-state index in [1.54, 1.807) is 19.2 Å². The molecule has 0 fully saturated rings. The molecule has 4 heteroatoms. The first-order chi connectivity index (χ1) is 12.8. The lowest BCUT2D eigenvalue weighted by molar-refractivity contribution is 0.111. The van der Waals surface area contributed by atoms with Crippen LogP contribution in [0.25, 0.3) is 0 Å². The molecule has 0 atom stereocenters. The topological polar surface area (TPSA) is 44.8 Å². The molecular weight excluding hydrogens is 328 g/mol. The number of benzene rings is 3. The van der Waals surface area contributed by atoms with Crippen LogP contribution in [-0.2, 0) is 13.2 Å². The van der Waals surface area contributed by atoms with Gasteiger partial charge in [-0.05, 0) is 23.3 Å². The minimum absolute atomic E-state index is 0.330. The molecule has 0 aliphatic heterocycles. The summed E-state index contributed by atoms with van der Waals surface area (Å²) in [6.45, 7) is 0.678. The SMILES string of the molecule is COc1ccc(C=O)c(OCc2ccccc2)c1OCc1ccccc1. The Morgan fingerprint density at radius 3 is 1.77 bits per heavy atom. The minimum atomic E-state index is 0.330. The summed E-state index contributed by atoms with van der Waals surface area (Å²) in [5, 5.41) is 0. The molecular formula is C22H20O4. The van der Waals surface area contributed by atoms with E-state index in [1.165, 1.54) is 0 Å². The summed E-state index contributed by atoms with van der Waals surface area (Å²) in [6.07, 6.45) is 0.759. The molecule has 0 aromatic heterocycles. The highest BCUT2D eigenvalue weighted by molar-refractivity contribution is 5.82. The fourth-order valence-corrected chi connectivity index (χ4v) is 2.56. The molecule has 0 amide bonds. The summed E-state index contributed by atoms with van der Waals surface area (Å²) in [5.74, 6) is 1.34. The largest absolute Gasteiger partial charge is 0.493 e. The van der Waals surface area contributed by atoms with Crippen molar-refractivity contribution in [2.24, 2.45) is 0 Å². The molecule has 0 unspecified atom stereocenters. The van der Waals surface area contributed by atoms with E-state index < -0.39 is 0 Å². The second-order valence-electron chi connectivity index (χ2n) is 5.68. The molecule has 0 saturated heterocycles. The van der Waals surface area contributed by atoms with Gasteiger partial charge in [0.15, 0.2) is 17.8 Å². The van der Waals surface area contributed by atoms with Gasteiger partial charge in [0, 0.05) is 0 Å². The first-order valence-electron chi connectivity index (χ1n) is 8.31. The van der Waals surface area contributed by atoms with E-state index >= 15 is 0 Å². The number of hydrogen-bond acceptors (Lipinski definition) is 4. The van der Waals surface area contributed by atoms with Crippen molar-refractivity contribution in [2.75, 3.05) is 7.11 Å². The molecule has 0 radical (unpaired) electrons. The van der Waals surface area contributed by atoms with Crippen LogP contribution in [-0.4, -0.2) is 13.4 Å². The van der Waals surface area contributed by atoms with Gasteiger partial charge in [0.25, 0.3) is 0 Å². The molecule has 132 valence electrons. The smallest absolute Gasteiger partial charge is 0.204 e. The van der Waals surface area contributed by atoms with E-state index in [-0.39, 0.29) is 0 Å². The maximum atomic E-state index is 11.5. The molecule has 0 bridgehead atoms. The Hall–Kier alpha value is -3.27. The average Bonchev–Trinajstić information content (AvgIpc) is 2.71. The van der Waals surface area contributed by atoms with Gasteiger partial charge in [-0.15, -0.1) is 0 Å². The monoisotopic (exact) mass is 348 g/mol. The van der Waals surface area contributed by atoms with Crippen LogP contribution in [0, 0.1) is 0 Å². The molecule has 0 N–H and O–H groups in total. The summed E-state index contributed by atoms with van der Waals surface area (Å²) in [6, 6.07) is 22.9. The van der Waals surface area contributed by atoms with E-state index in [0.29, 0.717) is 36.0 Å². The second kappa shape index (κ2) is 8.72. The van der Waals surface area contributed by atoms with Gasteiger partial charge in [-0.2, -0.15) is 0 Å². The summed E-state index contributed by atoms with van der Waals surface area (Å²) < 4.78 is 17.3. The fraction of sp³-hybridized carbons (Fsp3) is 0.136. The Labute approximate surface area is 153 Å². The highest BCUT2D eigenvalue weighted by atomic mass is 16.5. The van der Waals surface area contributed by atoms with Gasteiger partial charge in [-0.1, -0.05) is 60.7 Å². The van der Waals surface area contributed by atoms with Crippen LogP contribution >= 0.6 is 0 Å². The van der Waals surface area contributed by atoms with Crippen molar-refractivity contribution in [3.05, 3.63) is 89.5 Å². The number of carbonyl (C=O) groups is 1. The maximum Gasteiger partial charge on any atom is 0.204 e. The molecule has 0 aliphatic rings. The normalized spacial score (nSPS) is 10.2. The average molecular weight is 348 g/mol. The predicted molar refractivity (Wildman–Crippen MR) is 99.9 cm³/mol. The summed E-state index contributed by atoms with van der Waals surface area (Å²) in [5.41, 5.74) is 2.44. The second-order valence-corrected chi connectivity index (χ2v) is 5.68. The number of methoxy groups -OCH3 is 1. The zero-order valence-corrected chi connectivity index (χ0v) is 14.6. The summed E-state index contributed by atoms with van der Waals surface area (Å²) in [7, 11) is 1.56. The molecule has 0 spiro atoms. The standard InChI is InChI=1S/C22H20O4/c1-24-20-13-12-19(14-23)21(25-15-17-8-4-2-5-9-17)22(20)26-16-18-10-6-3-7-11-18/h2-14H,15-16H2,1H3. The Bertz CT molecular complexity index is 845. The Morgan fingerprint density at radius 1 is 0.731 bits per heavy atom. The van der Waals surface area contributed by atoms with E-state index in [9.17, 15) is 4.79 Å². The van der Waals surface area contributed by atoms with Crippen molar-refractivity contribution in [3.8, 4) is 17.2 Å². The van der Waals surface area contributed by atoms with E-state index in [1.807, 2.05) is 60.7 Å². The number of rotatable bonds is 8. The molecule has 0 saturated carbocycles. The van der Waals surface area contributed by atoms with Crippen LogP contribution < -0.4 is 14.2 Å². The lowest BCUT2D eigenvalue weighted by atomic mass is 10.1. The van der Waals surface area contributed by atoms with Crippen LogP contribution in [0.15, 0.2) is 72.8 Å². The van der Waals surface area contributed by atoms with Crippen LogP contribution in [0.3, 0.4) is 0 Å². The lowest BCUT2D eigenvalue weighted by Crippen LogP contribution is -2.04. The van der Waals surface area contributed by atoms with E-state index in [4.69, 9.17) is 14.2 Å². The number of aldehydes is 1. The van der Waals surface area contributed by atoms with Crippen molar-refractivity contribution in [3.63, 3.8) is 0 Å². The number of hydrogen-bond donors (Lipinski definition) is 0. The number of ether oxygens (including phenoxy) is 3. The third-order valence-corrected chi connectivity index (χ3v) is 3.91. The van der Waals surface area contributed by atoms with Crippen molar-refractivity contribution >= 4 is 6.29 Å². The first kappa shape index (κ1) is 17.5. The fourth-order valence-electron chi connectivity index (χ4n) is 2.56. The first-order valence-corrected chi connectivity index (χ1v) is 8.31. The molecule has 3 aromatic rings. The molecule has 3 aromatic carbocycles. The zero-order chi connectivity index (χ0) is 18.2. The summed E-state index contributed by atoms with van der Waals surface area (Å²) >= 11 is 0. The zero-order valence-electron chi connectivity index (χ0n) is 14.6. The van der Waals surface area contributed by atoms with Gasteiger partial charge < -0.3 is 14.2 Å². The number of carbonyl (C=O) groups excluding carboxylic acids is 1. The molecule has 4 nitrogen and oxygen atoms in total. The third kappa shape index (κ3) is 4.22. The maximum absolute atomic E-state index is 11.5. The minimum Gasteiger partial charge on any atom is -0.493 e. The van der Waals surface area contributed by atoms with Crippen LogP contribution in [0.4, 0.5) is 0 Å². The molecule has 0 heterocycles. The van der Waals surface area contributed by atoms with Gasteiger partial charge in [0.2, 0.25) is 5.75 Å². The van der Waals surface area contributed by atoms with Gasteiger partial charge in [0.05, 0.1) is 12.7 Å². The summed E-state index contributed by atoms with van der Waals surface area (Å²) in [4.78, 5) is 11.5. The van der Waals surface area contributed by atoms with Crippen molar-refractivity contribution < 1.29 is 19.0 Å². The Morgan fingerprint density at radius 2 is 1.27 bits per heavy atom. The quantitative estimate of drug-likeness (QED) is 0.555. The lowest BCUT2D eigenvalue weighted by Gasteiger charge is -2.17. The van der Waals surface area contributed by atoms with E-state index in [2.05, 4.69) is 0 Å². The van der Waals surface area contributed by atoms with Gasteiger partial charge >= 0.3 is 0 Å². The van der Waals surface area contributed by atoms with Crippen molar-refractivity contribution in [1.82, 2.24) is 0 Å². The Balaban J connectivity index is 1.88. The Kier molecular flexibility index (Phi) is 5.88. The van der Waals surface area contributed by atoms with Crippen LogP contribution in [0.5, 0.6) is 17.2 Å². The third-order valence-electron chi connectivity index (χ3n) is 3.91. The molecule has 3 rings (SSSR count). The predicted octanol–water partition coefficient (Wildman–Crippen LogP) is 4.67. The van der Waals surface area contributed by atoms with Crippen LogP contribution in [0.2, 0.25) is 0 Å².